The Morgan fingerprint density at radius 1 is 1.04 bits per heavy atom. The predicted molar refractivity (Wildman–Crippen MR) is 112 cm³/mol. The third-order valence-corrected chi connectivity index (χ3v) is 6.20. The van der Waals surface area contributed by atoms with Gasteiger partial charge in [-0.2, -0.15) is 0 Å². The Hall–Kier alpha value is -2.38. The number of benzene rings is 2. The Balaban J connectivity index is 2.00. The van der Waals surface area contributed by atoms with E-state index >= 15 is 0 Å². The summed E-state index contributed by atoms with van der Waals surface area (Å²) in [4.78, 5) is 0.188. The van der Waals surface area contributed by atoms with Crippen LogP contribution in [-0.2, 0) is 15.4 Å². The van der Waals surface area contributed by atoms with Gasteiger partial charge in [0.1, 0.15) is 0 Å². The van der Waals surface area contributed by atoms with Gasteiger partial charge >= 0.3 is 0 Å². The lowest BCUT2D eigenvalue weighted by atomic mass is 9.87. The zero-order valence-corrected chi connectivity index (χ0v) is 18.1. The first kappa shape index (κ1) is 20.4. The molecule has 1 aromatic heterocycles. The Morgan fingerprint density at radius 2 is 1.68 bits per heavy atom. The Morgan fingerprint density at radius 3 is 2.21 bits per heavy atom. The molecule has 0 saturated carbocycles. The number of aromatic nitrogens is 3. The Bertz CT molecular complexity index is 1110. The topological polar surface area (TPSA) is 76.9 Å². The van der Waals surface area contributed by atoms with E-state index < -0.39 is 10.0 Å². The molecule has 0 atom stereocenters. The molecule has 0 radical (unpaired) electrons. The molecule has 28 heavy (non-hydrogen) atoms. The molecule has 8 heteroatoms. The van der Waals surface area contributed by atoms with E-state index in [1.807, 2.05) is 26.0 Å². The highest BCUT2D eigenvalue weighted by Gasteiger charge is 2.20. The highest BCUT2D eigenvalue weighted by atomic mass is 35.5. The molecule has 0 amide bonds. The fourth-order valence-corrected chi connectivity index (χ4v) is 3.98. The molecule has 148 valence electrons. The van der Waals surface area contributed by atoms with Gasteiger partial charge in [-0.15, -0.1) is 5.10 Å². The van der Waals surface area contributed by atoms with Crippen LogP contribution in [0.3, 0.4) is 0 Å². The van der Waals surface area contributed by atoms with E-state index in [2.05, 4.69) is 35.8 Å². The lowest BCUT2D eigenvalue weighted by Gasteiger charge is -2.19. The number of anilines is 1. The molecular weight excluding hydrogens is 396 g/mol. The second kappa shape index (κ2) is 7.22. The summed E-state index contributed by atoms with van der Waals surface area (Å²) in [6.07, 6.45) is 0. The van der Waals surface area contributed by atoms with Gasteiger partial charge in [-0.1, -0.05) is 49.7 Å². The van der Waals surface area contributed by atoms with E-state index in [0.717, 1.165) is 17.0 Å². The van der Waals surface area contributed by atoms with Crippen LogP contribution in [0.25, 0.3) is 5.69 Å². The molecule has 3 aromatic rings. The first-order valence-corrected chi connectivity index (χ1v) is 10.7. The van der Waals surface area contributed by atoms with Crippen molar-refractivity contribution in [2.45, 2.75) is 44.9 Å². The molecular formula is C20H23ClN4O2S. The molecule has 3 rings (SSSR count). The molecule has 0 spiro atoms. The lowest BCUT2D eigenvalue weighted by molar-refractivity contribution is 0.587. The SMILES string of the molecule is Cc1nnn(-c2cc(Cl)ccc2NS(=O)(=O)c2ccc(C(C)(C)C)cc2)c1C. The smallest absolute Gasteiger partial charge is 0.261 e. The highest BCUT2D eigenvalue weighted by molar-refractivity contribution is 7.92. The summed E-state index contributed by atoms with van der Waals surface area (Å²) in [6.45, 7) is 9.94. The van der Waals surface area contributed by atoms with Gasteiger partial charge in [0.2, 0.25) is 0 Å². The van der Waals surface area contributed by atoms with Crippen LogP contribution < -0.4 is 4.72 Å². The maximum Gasteiger partial charge on any atom is 0.261 e. The second-order valence-corrected chi connectivity index (χ2v) is 9.83. The fraction of sp³-hybridized carbons (Fsp3) is 0.300. The molecule has 0 fully saturated rings. The highest BCUT2D eigenvalue weighted by Crippen LogP contribution is 2.29. The quantitative estimate of drug-likeness (QED) is 0.669. The molecule has 1 heterocycles. The number of sulfonamides is 1. The van der Waals surface area contributed by atoms with Crippen molar-refractivity contribution in [2.24, 2.45) is 0 Å². The minimum Gasteiger partial charge on any atom is -0.277 e. The van der Waals surface area contributed by atoms with Gasteiger partial charge in [0.05, 0.1) is 27.7 Å². The summed E-state index contributed by atoms with van der Waals surface area (Å²) in [5, 5.41) is 8.62. The van der Waals surface area contributed by atoms with Crippen LogP contribution in [0.15, 0.2) is 47.4 Å². The van der Waals surface area contributed by atoms with Crippen molar-refractivity contribution < 1.29 is 8.42 Å². The minimum absolute atomic E-state index is 0.0540. The minimum atomic E-state index is -3.78. The van der Waals surface area contributed by atoms with E-state index in [9.17, 15) is 8.42 Å². The summed E-state index contributed by atoms with van der Waals surface area (Å²) in [5.41, 5.74) is 3.45. The summed E-state index contributed by atoms with van der Waals surface area (Å²) in [6, 6.07) is 11.8. The van der Waals surface area contributed by atoms with Crippen LogP contribution in [-0.4, -0.2) is 23.4 Å². The van der Waals surface area contributed by atoms with Crippen molar-refractivity contribution in [1.29, 1.82) is 0 Å². The number of nitrogens with zero attached hydrogens (tertiary/aromatic N) is 3. The monoisotopic (exact) mass is 418 g/mol. The van der Waals surface area contributed by atoms with Crippen molar-refractivity contribution in [3.8, 4) is 5.69 Å². The summed E-state index contributed by atoms with van der Waals surface area (Å²) < 4.78 is 30.1. The molecule has 0 unspecified atom stereocenters. The molecule has 1 N–H and O–H groups in total. The van der Waals surface area contributed by atoms with Gasteiger partial charge in [-0.25, -0.2) is 13.1 Å². The predicted octanol–water partition coefficient (Wildman–Crippen LogP) is 4.64. The van der Waals surface area contributed by atoms with E-state index in [-0.39, 0.29) is 10.3 Å². The van der Waals surface area contributed by atoms with E-state index in [0.29, 0.717) is 16.4 Å². The van der Waals surface area contributed by atoms with Crippen molar-refractivity contribution in [3.05, 3.63) is 64.4 Å². The number of nitrogens with one attached hydrogen (secondary N) is 1. The lowest BCUT2D eigenvalue weighted by Crippen LogP contribution is -2.16. The molecule has 0 aliphatic carbocycles. The van der Waals surface area contributed by atoms with Gasteiger partial charge in [-0.3, -0.25) is 4.72 Å². The van der Waals surface area contributed by atoms with Gasteiger partial charge in [0.25, 0.3) is 10.0 Å². The average Bonchev–Trinajstić information content (AvgIpc) is 2.95. The third-order valence-electron chi connectivity index (χ3n) is 4.59. The zero-order valence-electron chi connectivity index (χ0n) is 16.5. The number of rotatable bonds is 4. The number of hydrogen-bond donors (Lipinski definition) is 1. The molecule has 0 aliphatic rings. The maximum absolute atomic E-state index is 12.9. The molecule has 0 aliphatic heterocycles. The molecule has 0 bridgehead atoms. The van der Waals surface area contributed by atoms with Gasteiger partial charge in [0.15, 0.2) is 0 Å². The zero-order chi connectivity index (χ0) is 20.7. The first-order valence-electron chi connectivity index (χ1n) is 8.81. The van der Waals surface area contributed by atoms with Crippen LogP contribution in [0, 0.1) is 13.8 Å². The average molecular weight is 419 g/mol. The largest absolute Gasteiger partial charge is 0.277 e. The normalized spacial score (nSPS) is 12.2. The van der Waals surface area contributed by atoms with E-state index in [1.165, 1.54) is 0 Å². The van der Waals surface area contributed by atoms with Crippen molar-refractivity contribution >= 4 is 27.3 Å². The standard InChI is InChI=1S/C20H23ClN4O2S/c1-13-14(2)25(24-22-13)19-12-16(21)8-11-18(19)23-28(26,27)17-9-6-15(7-10-17)20(3,4)5/h6-12,23H,1-5H3. The van der Waals surface area contributed by atoms with Crippen molar-refractivity contribution in [1.82, 2.24) is 15.0 Å². The van der Waals surface area contributed by atoms with Crippen molar-refractivity contribution in [2.75, 3.05) is 4.72 Å². The molecule has 0 saturated heterocycles. The number of aryl methyl sites for hydroxylation is 1. The first-order chi connectivity index (χ1) is 13.0. The molecule has 6 nitrogen and oxygen atoms in total. The summed E-state index contributed by atoms with van der Waals surface area (Å²) in [5.74, 6) is 0. The van der Waals surface area contributed by atoms with Crippen LogP contribution in [0.5, 0.6) is 0 Å². The van der Waals surface area contributed by atoms with Crippen LogP contribution >= 0.6 is 11.6 Å². The van der Waals surface area contributed by atoms with Gasteiger partial charge < -0.3 is 0 Å². The van der Waals surface area contributed by atoms with E-state index in [1.54, 1.807) is 35.0 Å². The van der Waals surface area contributed by atoms with Crippen LogP contribution in [0.2, 0.25) is 5.02 Å². The molecule has 2 aromatic carbocycles. The van der Waals surface area contributed by atoms with Gasteiger partial charge in [-0.05, 0) is 55.2 Å². The Labute approximate surface area is 170 Å². The van der Waals surface area contributed by atoms with Gasteiger partial charge in [0, 0.05) is 5.02 Å². The Kier molecular flexibility index (Phi) is 5.25. The summed E-state index contributed by atoms with van der Waals surface area (Å²) in [7, 11) is -3.78. The third kappa shape index (κ3) is 4.05. The second-order valence-electron chi connectivity index (χ2n) is 7.71. The van der Waals surface area contributed by atoms with Crippen LogP contribution in [0.4, 0.5) is 5.69 Å². The fourth-order valence-electron chi connectivity index (χ4n) is 2.74. The maximum atomic E-state index is 12.9. The number of halogens is 1. The number of hydrogen-bond acceptors (Lipinski definition) is 4. The van der Waals surface area contributed by atoms with Crippen LogP contribution in [0.1, 0.15) is 37.7 Å². The summed E-state index contributed by atoms with van der Waals surface area (Å²) >= 11 is 6.14. The van der Waals surface area contributed by atoms with Crippen molar-refractivity contribution in [3.63, 3.8) is 0 Å². The van der Waals surface area contributed by atoms with E-state index in [4.69, 9.17) is 11.6 Å².